The second-order valence-corrected chi connectivity index (χ2v) is 5.17. The lowest BCUT2D eigenvalue weighted by Crippen LogP contribution is -1.98. The molecule has 0 bridgehead atoms. The second-order valence-electron chi connectivity index (χ2n) is 4.42. The van der Waals surface area contributed by atoms with Crippen molar-refractivity contribution in [1.29, 1.82) is 0 Å². The van der Waals surface area contributed by atoms with Crippen molar-refractivity contribution in [2.24, 2.45) is 0 Å². The fourth-order valence-corrected chi connectivity index (χ4v) is 2.64. The van der Waals surface area contributed by atoms with Crippen LogP contribution >= 0.6 is 15.9 Å². The van der Waals surface area contributed by atoms with E-state index in [2.05, 4.69) is 58.1 Å². The van der Waals surface area contributed by atoms with Crippen molar-refractivity contribution in [1.82, 2.24) is 14.8 Å². The van der Waals surface area contributed by atoms with Gasteiger partial charge >= 0.3 is 0 Å². The molecule has 0 aliphatic carbocycles. The lowest BCUT2D eigenvalue weighted by molar-refractivity contribution is 0.883. The fraction of sp³-hybridized carbons (Fsp3) is 0.143. The number of fused-ring (bicyclic) bond motifs is 1. The molecule has 0 N–H and O–H groups in total. The molecule has 0 spiro atoms. The highest BCUT2D eigenvalue weighted by molar-refractivity contribution is 9.10. The summed E-state index contributed by atoms with van der Waals surface area (Å²) in [7, 11) is 0. The Balaban J connectivity index is 2.31. The Hall–Kier alpha value is -1.68. The number of hydrogen-bond donors (Lipinski definition) is 0. The summed E-state index contributed by atoms with van der Waals surface area (Å²) in [4.78, 5) is 4.41. The van der Waals surface area contributed by atoms with Crippen molar-refractivity contribution in [3.05, 3.63) is 52.3 Å². The smallest absolute Gasteiger partial charge is 0.164 e. The maximum Gasteiger partial charge on any atom is 0.164 e. The molecule has 2 heterocycles. The molecule has 0 unspecified atom stereocenters. The van der Waals surface area contributed by atoms with E-state index in [-0.39, 0.29) is 0 Å². The normalized spacial score (nSPS) is 11.1. The van der Waals surface area contributed by atoms with Crippen molar-refractivity contribution in [2.75, 3.05) is 0 Å². The first-order valence-electron chi connectivity index (χ1n) is 5.73. The van der Waals surface area contributed by atoms with Crippen LogP contribution in [0.4, 0.5) is 0 Å². The van der Waals surface area contributed by atoms with Gasteiger partial charge < -0.3 is 0 Å². The average molecular weight is 302 g/mol. The predicted octanol–water partition coefficient (Wildman–Crippen LogP) is 3.80. The number of pyridine rings is 1. The Morgan fingerprint density at radius 3 is 2.56 bits per heavy atom. The van der Waals surface area contributed by atoms with Gasteiger partial charge in [0.15, 0.2) is 5.65 Å². The minimum Gasteiger partial charge on any atom is -0.236 e. The zero-order chi connectivity index (χ0) is 12.7. The molecule has 18 heavy (non-hydrogen) atoms. The van der Waals surface area contributed by atoms with E-state index in [9.17, 15) is 0 Å². The summed E-state index contributed by atoms with van der Waals surface area (Å²) < 4.78 is 2.70. The number of aryl methyl sites for hydroxylation is 2. The molecule has 0 fully saturated rings. The molecule has 3 rings (SSSR count). The van der Waals surface area contributed by atoms with Crippen LogP contribution in [0.1, 0.15) is 11.1 Å². The number of nitrogens with zero attached hydrogens (tertiary/aromatic N) is 3. The fourth-order valence-electron chi connectivity index (χ4n) is 2.17. The molecule has 90 valence electrons. The SMILES string of the molecule is Cc1cc(C)cc(-n2nc(Br)c3cccnc32)c1. The number of halogens is 1. The molecule has 0 saturated carbocycles. The first-order chi connectivity index (χ1) is 8.65. The maximum absolute atomic E-state index is 4.51. The molecule has 3 nitrogen and oxygen atoms in total. The number of hydrogen-bond acceptors (Lipinski definition) is 2. The van der Waals surface area contributed by atoms with Crippen molar-refractivity contribution in [3.8, 4) is 5.69 Å². The van der Waals surface area contributed by atoms with Gasteiger partial charge in [0.2, 0.25) is 0 Å². The minimum atomic E-state index is 0.824. The predicted molar refractivity (Wildman–Crippen MR) is 76.0 cm³/mol. The summed E-state index contributed by atoms with van der Waals surface area (Å²) in [5.74, 6) is 0. The molecule has 0 aliphatic rings. The average Bonchev–Trinajstić information content (AvgIpc) is 2.66. The molecule has 0 aliphatic heterocycles. The second kappa shape index (κ2) is 4.21. The first-order valence-corrected chi connectivity index (χ1v) is 6.52. The molecule has 4 heteroatoms. The molecule has 0 atom stereocenters. The number of benzene rings is 1. The van der Waals surface area contributed by atoms with E-state index in [1.54, 1.807) is 6.20 Å². The van der Waals surface area contributed by atoms with Crippen LogP contribution in [0.5, 0.6) is 0 Å². The van der Waals surface area contributed by atoms with Crippen molar-refractivity contribution in [3.63, 3.8) is 0 Å². The molecule has 0 saturated heterocycles. The van der Waals surface area contributed by atoms with Crippen LogP contribution in [-0.4, -0.2) is 14.8 Å². The quantitative estimate of drug-likeness (QED) is 0.684. The molecule has 2 aromatic heterocycles. The monoisotopic (exact) mass is 301 g/mol. The van der Waals surface area contributed by atoms with E-state index in [1.807, 2.05) is 16.8 Å². The molecule has 0 radical (unpaired) electrons. The van der Waals surface area contributed by atoms with Crippen molar-refractivity contribution < 1.29 is 0 Å². The highest BCUT2D eigenvalue weighted by Crippen LogP contribution is 2.24. The lowest BCUT2D eigenvalue weighted by atomic mass is 10.1. The standard InChI is InChI=1S/C14H12BrN3/c1-9-6-10(2)8-11(7-9)18-14-12(13(15)17-18)4-3-5-16-14/h3-8H,1-2H3. The molecular weight excluding hydrogens is 290 g/mol. The Bertz CT molecular complexity index is 711. The van der Waals surface area contributed by atoms with Crippen LogP contribution in [0.2, 0.25) is 0 Å². The van der Waals surface area contributed by atoms with Gasteiger partial charge in [-0.1, -0.05) is 6.07 Å². The van der Waals surface area contributed by atoms with Gasteiger partial charge in [-0.25, -0.2) is 9.67 Å². The Morgan fingerprint density at radius 1 is 1.11 bits per heavy atom. The lowest BCUT2D eigenvalue weighted by Gasteiger charge is -2.05. The Morgan fingerprint density at radius 2 is 1.83 bits per heavy atom. The van der Waals surface area contributed by atoms with Gasteiger partial charge in [-0.2, -0.15) is 5.10 Å². The Labute approximate surface area is 114 Å². The topological polar surface area (TPSA) is 30.7 Å². The number of aromatic nitrogens is 3. The van der Waals surface area contributed by atoms with Gasteiger partial charge in [-0.3, -0.25) is 0 Å². The zero-order valence-electron chi connectivity index (χ0n) is 10.2. The minimum absolute atomic E-state index is 0.824. The zero-order valence-corrected chi connectivity index (χ0v) is 11.8. The summed E-state index contributed by atoms with van der Waals surface area (Å²) in [6.07, 6.45) is 1.79. The van der Waals surface area contributed by atoms with Crippen molar-refractivity contribution in [2.45, 2.75) is 13.8 Å². The van der Waals surface area contributed by atoms with E-state index in [0.29, 0.717) is 0 Å². The first kappa shape index (κ1) is 11.4. The largest absolute Gasteiger partial charge is 0.236 e. The van der Waals surface area contributed by atoms with Crippen LogP contribution in [0, 0.1) is 13.8 Å². The summed E-state index contributed by atoms with van der Waals surface area (Å²) in [5.41, 5.74) is 4.36. The summed E-state index contributed by atoms with van der Waals surface area (Å²) in [5, 5.41) is 5.54. The van der Waals surface area contributed by atoms with Crippen LogP contribution in [0.25, 0.3) is 16.7 Å². The van der Waals surface area contributed by atoms with E-state index in [0.717, 1.165) is 21.3 Å². The van der Waals surface area contributed by atoms with Gasteiger partial charge in [0.05, 0.1) is 11.1 Å². The van der Waals surface area contributed by atoms with Crippen molar-refractivity contribution >= 4 is 27.0 Å². The maximum atomic E-state index is 4.51. The number of rotatable bonds is 1. The van der Waals surface area contributed by atoms with Crippen LogP contribution in [0.3, 0.4) is 0 Å². The van der Waals surface area contributed by atoms with Gasteiger partial charge in [0.25, 0.3) is 0 Å². The molecule has 3 aromatic rings. The van der Waals surface area contributed by atoms with Crippen LogP contribution < -0.4 is 0 Å². The third kappa shape index (κ3) is 1.82. The van der Waals surface area contributed by atoms with Crippen LogP contribution in [0.15, 0.2) is 41.1 Å². The van der Waals surface area contributed by atoms with E-state index in [4.69, 9.17) is 0 Å². The van der Waals surface area contributed by atoms with Crippen LogP contribution in [-0.2, 0) is 0 Å². The third-order valence-electron chi connectivity index (χ3n) is 2.85. The third-order valence-corrected chi connectivity index (χ3v) is 3.43. The summed E-state index contributed by atoms with van der Waals surface area (Å²) in [6.45, 7) is 4.18. The molecule has 0 amide bonds. The molecular formula is C14H12BrN3. The van der Waals surface area contributed by atoms with Gasteiger partial charge in [-0.15, -0.1) is 0 Å². The van der Waals surface area contributed by atoms with Gasteiger partial charge in [-0.05, 0) is 65.2 Å². The Kier molecular flexibility index (Phi) is 2.67. The highest BCUT2D eigenvalue weighted by Gasteiger charge is 2.10. The summed E-state index contributed by atoms with van der Waals surface area (Å²) in [6, 6.07) is 10.3. The van der Waals surface area contributed by atoms with E-state index in [1.165, 1.54) is 11.1 Å². The summed E-state index contributed by atoms with van der Waals surface area (Å²) >= 11 is 3.48. The van der Waals surface area contributed by atoms with E-state index >= 15 is 0 Å². The molecule has 1 aromatic carbocycles. The van der Waals surface area contributed by atoms with Gasteiger partial charge in [0.1, 0.15) is 4.60 Å². The van der Waals surface area contributed by atoms with E-state index < -0.39 is 0 Å². The van der Waals surface area contributed by atoms with Gasteiger partial charge in [0, 0.05) is 6.20 Å². The highest BCUT2D eigenvalue weighted by atomic mass is 79.9.